The molecule has 2 aromatic carbocycles. The number of hydrogen-bond donors (Lipinski definition) is 1. The summed E-state index contributed by atoms with van der Waals surface area (Å²) in [4.78, 5) is 16.3. The number of rotatable bonds is 7. The lowest BCUT2D eigenvalue weighted by atomic mass is 10.1. The molecule has 0 radical (unpaired) electrons. The van der Waals surface area contributed by atoms with E-state index in [0.717, 1.165) is 11.1 Å². The molecule has 0 saturated carbocycles. The van der Waals surface area contributed by atoms with Gasteiger partial charge in [0.1, 0.15) is 11.5 Å². The van der Waals surface area contributed by atoms with Crippen molar-refractivity contribution < 1.29 is 13.5 Å². The van der Waals surface area contributed by atoms with Crippen molar-refractivity contribution in [2.45, 2.75) is 18.7 Å². The molecule has 0 fully saturated rings. The highest BCUT2D eigenvalue weighted by Crippen LogP contribution is 2.15. The van der Waals surface area contributed by atoms with Crippen molar-refractivity contribution in [3.05, 3.63) is 72.1 Å². The van der Waals surface area contributed by atoms with Crippen LogP contribution >= 0.6 is 0 Å². The minimum Gasteiger partial charge on any atom is -0.349 e. The van der Waals surface area contributed by atoms with Crippen LogP contribution in [0.15, 0.2) is 65.2 Å². The van der Waals surface area contributed by atoms with Crippen LogP contribution in [-0.2, 0) is 21.3 Å². The zero-order valence-corrected chi connectivity index (χ0v) is 15.1. The van der Waals surface area contributed by atoms with Crippen molar-refractivity contribution in [3.63, 3.8) is 0 Å². The lowest BCUT2D eigenvalue weighted by Crippen LogP contribution is -2.31. The van der Waals surface area contributed by atoms with E-state index >= 15 is 0 Å². The molecule has 1 aromatic heterocycles. The number of carbonyl (C=O) groups excluding carboxylic acids is 1. The molecule has 0 spiro atoms. The number of carbonyl (C=O) groups is 1. The van der Waals surface area contributed by atoms with E-state index in [4.69, 9.17) is 4.52 Å². The summed E-state index contributed by atoms with van der Waals surface area (Å²) in [6.07, 6.45) is 0. The van der Waals surface area contributed by atoms with Crippen molar-refractivity contribution >= 4 is 16.7 Å². The fraction of sp³-hybridized carbons (Fsp3) is 0.211. The zero-order chi connectivity index (χ0) is 18.4. The number of benzene rings is 2. The maximum Gasteiger partial charge on any atom is 0.239 e. The highest BCUT2D eigenvalue weighted by Gasteiger charge is 2.16. The number of nitrogens with zero attached hydrogens (tertiary/aromatic N) is 2. The van der Waals surface area contributed by atoms with Gasteiger partial charge in [0.25, 0.3) is 0 Å². The highest BCUT2D eigenvalue weighted by atomic mass is 32.2. The average molecular weight is 369 g/mol. The second-order valence-corrected chi connectivity index (χ2v) is 7.26. The highest BCUT2D eigenvalue weighted by molar-refractivity contribution is 7.84. The predicted octanol–water partition coefficient (Wildman–Crippen LogP) is 2.86. The smallest absolute Gasteiger partial charge is 0.239 e. The Kier molecular flexibility index (Phi) is 5.91. The Hall–Kier alpha value is -2.80. The van der Waals surface area contributed by atoms with E-state index in [0.29, 0.717) is 5.82 Å². The third-order valence-corrected chi connectivity index (χ3v) is 4.91. The van der Waals surface area contributed by atoms with Gasteiger partial charge in [0.15, 0.2) is 0 Å². The third kappa shape index (κ3) is 4.86. The summed E-state index contributed by atoms with van der Waals surface area (Å²) in [7, 11) is -1.43. The maximum atomic E-state index is 12.2. The monoisotopic (exact) mass is 369 g/mol. The Balaban J connectivity index is 1.52. The standard InChI is InChI=1S/C19H19N3O3S/c1-14(15-8-4-2-5-9-15)20-17(23)12-26(24)13-18-21-19(22-25-18)16-10-6-3-7-11-16/h2-11,14H,12-13H2,1H3,(H,20,23)/t14-,26-/m1/s1. The van der Waals surface area contributed by atoms with Gasteiger partial charge in [0.2, 0.25) is 17.6 Å². The van der Waals surface area contributed by atoms with Gasteiger partial charge in [0, 0.05) is 16.4 Å². The quantitative estimate of drug-likeness (QED) is 0.692. The van der Waals surface area contributed by atoms with Crippen molar-refractivity contribution in [1.82, 2.24) is 15.5 Å². The molecule has 2 atom stereocenters. The first kappa shape index (κ1) is 18.0. The van der Waals surface area contributed by atoms with Gasteiger partial charge in [-0.1, -0.05) is 65.8 Å². The molecular formula is C19H19N3O3S. The van der Waals surface area contributed by atoms with Gasteiger partial charge in [-0.3, -0.25) is 9.00 Å². The molecule has 0 saturated heterocycles. The second kappa shape index (κ2) is 8.53. The minimum atomic E-state index is -1.43. The SMILES string of the molecule is C[C@@H](NC(=O)C[S@@](=O)Cc1nc(-c2ccccc2)no1)c1ccccc1. The van der Waals surface area contributed by atoms with E-state index in [2.05, 4.69) is 15.5 Å². The van der Waals surface area contributed by atoms with Crippen LogP contribution in [0.1, 0.15) is 24.4 Å². The lowest BCUT2D eigenvalue weighted by molar-refractivity contribution is -0.119. The molecule has 0 aliphatic rings. The predicted molar refractivity (Wildman–Crippen MR) is 99.4 cm³/mol. The van der Waals surface area contributed by atoms with Crippen LogP contribution in [0, 0.1) is 0 Å². The van der Waals surface area contributed by atoms with E-state index in [9.17, 15) is 9.00 Å². The molecule has 0 unspecified atom stereocenters. The van der Waals surface area contributed by atoms with E-state index in [1.807, 2.05) is 67.6 Å². The van der Waals surface area contributed by atoms with Crippen LogP contribution in [0.5, 0.6) is 0 Å². The average Bonchev–Trinajstić information content (AvgIpc) is 3.11. The molecule has 134 valence electrons. The van der Waals surface area contributed by atoms with E-state index in [1.54, 1.807) is 0 Å². The second-order valence-electron chi connectivity index (χ2n) is 5.81. The van der Waals surface area contributed by atoms with Crippen molar-refractivity contribution in [2.75, 3.05) is 5.75 Å². The van der Waals surface area contributed by atoms with Gasteiger partial charge in [-0.05, 0) is 12.5 Å². The topological polar surface area (TPSA) is 85.1 Å². The van der Waals surface area contributed by atoms with E-state index in [-0.39, 0.29) is 29.3 Å². The molecule has 3 rings (SSSR count). The summed E-state index contributed by atoms with van der Waals surface area (Å²) in [5, 5.41) is 6.73. The molecule has 26 heavy (non-hydrogen) atoms. The third-order valence-electron chi connectivity index (χ3n) is 3.75. The summed E-state index contributed by atoms with van der Waals surface area (Å²) in [5.41, 5.74) is 1.82. The van der Waals surface area contributed by atoms with Crippen LogP contribution < -0.4 is 5.32 Å². The van der Waals surface area contributed by atoms with Gasteiger partial charge in [-0.25, -0.2) is 0 Å². The molecule has 0 aliphatic heterocycles. The Labute approximate surface area is 154 Å². The summed E-state index contributed by atoms with van der Waals surface area (Å²) < 4.78 is 17.3. The molecule has 3 aromatic rings. The maximum absolute atomic E-state index is 12.2. The Morgan fingerprint density at radius 2 is 1.77 bits per heavy atom. The first-order valence-electron chi connectivity index (χ1n) is 8.19. The van der Waals surface area contributed by atoms with Gasteiger partial charge in [-0.15, -0.1) is 0 Å². The molecule has 6 nitrogen and oxygen atoms in total. The van der Waals surface area contributed by atoms with Crippen molar-refractivity contribution in [1.29, 1.82) is 0 Å². The summed E-state index contributed by atoms with van der Waals surface area (Å²) >= 11 is 0. The number of aromatic nitrogens is 2. The van der Waals surface area contributed by atoms with Gasteiger partial charge < -0.3 is 9.84 Å². The fourth-order valence-corrected chi connectivity index (χ4v) is 3.33. The zero-order valence-electron chi connectivity index (χ0n) is 14.3. The van der Waals surface area contributed by atoms with E-state index < -0.39 is 10.8 Å². The molecular weight excluding hydrogens is 350 g/mol. The van der Waals surface area contributed by atoms with Gasteiger partial charge in [0.05, 0.1) is 6.04 Å². The summed E-state index contributed by atoms with van der Waals surface area (Å²) in [6.45, 7) is 1.89. The Morgan fingerprint density at radius 1 is 1.12 bits per heavy atom. The van der Waals surface area contributed by atoms with Crippen LogP contribution in [0.25, 0.3) is 11.4 Å². The van der Waals surface area contributed by atoms with Crippen molar-refractivity contribution in [2.24, 2.45) is 0 Å². The number of amides is 1. The molecule has 1 N–H and O–H groups in total. The van der Waals surface area contributed by atoms with Gasteiger partial charge in [-0.2, -0.15) is 4.98 Å². The molecule has 0 aliphatic carbocycles. The first-order valence-corrected chi connectivity index (χ1v) is 9.68. The molecule has 7 heteroatoms. The van der Waals surface area contributed by atoms with Crippen LogP contribution in [0.4, 0.5) is 0 Å². The Bertz CT molecular complexity index is 881. The molecule has 1 heterocycles. The van der Waals surface area contributed by atoms with Crippen LogP contribution in [0.2, 0.25) is 0 Å². The summed E-state index contributed by atoms with van der Waals surface area (Å²) in [6, 6.07) is 18.9. The lowest BCUT2D eigenvalue weighted by Gasteiger charge is -2.13. The number of hydrogen-bond acceptors (Lipinski definition) is 5. The van der Waals surface area contributed by atoms with E-state index in [1.165, 1.54) is 0 Å². The fourth-order valence-electron chi connectivity index (χ4n) is 2.46. The van der Waals surface area contributed by atoms with Crippen LogP contribution in [0.3, 0.4) is 0 Å². The summed E-state index contributed by atoms with van der Waals surface area (Å²) in [5.74, 6) is 0.362. The first-order chi connectivity index (χ1) is 12.6. The molecule has 0 bridgehead atoms. The van der Waals surface area contributed by atoms with Gasteiger partial charge >= 0.3 is 0 Å². The largest absolute Gasteiger partial charge is 0.349 e. The Morgan fingerprint density at radius 3 is 2.46 bits per heavy atom. The normalized spacial score (nSPS) is 13.1. The number of nitrogens with one attached hydrogen (secondary N) is 1. The van der Waals surface area contributed by atoms with Crippen LogP contribution in [-0.4, -0.2) is 26.0 Å². The molecule has 1 amide bonds. The minimum absolute atomic E-state index is 0.0486. The van der Waals surface area contributed by atoms with Crippen molar-refractivity contribution in [3.8, 4) is 11.4 Å².